The molecule has 1 N–H and O–H groups in total. The molecule has 104 valence electrons. The van der Waals surface area contributed by atoms with Gasteiger partial charge in [0.1, 0.15) is 0 Å². The van der Waals surface area contributed by atoms with E-state index in [1.165, 1.54) is 7.11 Å². The van der Waals surface area contributed by atoms with Crippen molar-refractivity contribution in [3.8, 4) is 0 Å². The van der Waals surface area contributed by atoms with Gasteiger partial charge in [0, 0.05) is 23.9 Å². The first-order valence-corrected chi connectivity index (χ1v) is 7.16. The topological polar surface area (TPSA) is 55.4 Å². The summed E-state index contributed by atoms with van der Waals surface area (Å²) in [6, 6.07) is 3.91. The number of ether oxygens (including phenoxy) is 1. The van der Waals surface area contributed by atoms with Crippen LogP contribution in [0.25, 0.3) is 6.08 Å². The molecule has 0 aliphatic carbocycles. The average molecular weight is 281 g/mol. The van der Waals surface area contributed by atoms with Crippen molar-refractivity contribution in [1.82, 2.24) is 5.32 Å². The van der Waals surface area contributed by atoms with Crippen LogP contribution in [0.1, 0.15) is 30.6 Å². The van der Waals surface area contributed by atoms with Gasteiger partial charge in [-0.05, 0) is 30.4 Å². The molecule has 1 amide bonds. The molecular weight excluding hydrogens is 262 g/mol. The summed E-state index contributed by atoms with van der Waals surface area (Å²) in [7, 11) is 1.39. The number of hydrogen-bond donors (Lipinski definition) is 1. The van der Waals surface area contributed by atoms with E-state index in [0.717, 1.165) is 24.1 Å². The van der Waals surface area contributed by atoms with Crippen LogP contribution < -0.4 is 5.32 Å². The first-order valence-electron chi connectivity index (χ1n) is 6.28. The summed E-state index contributed by atoms with van der Waals surface area (Å²) in [5.41, 5.74) is 0. The van der Waals surface area contributed by atoms with Gasteiger partial charge in [0.15, 0.2) is 0 Å². The minimum atomic E-state index is -0.178. The zero-order valence-corrected chi connectivity index (χ0v) is 11.9. The van der Waals surface area contributed by atoms with Gasteiger partial charge in [-0.15, -0.1) is 11.3 Å². The largest absolute Gasteiger partial charge is 0.469 e. The summed E-state index contributed by atoms with van der Waals surface area (Å²) in [6.07, 6.45) is 6.37. The Kier molecular flexibility index (Phi) is 7.58. The molecule has 0 radical (unpaired) electrons. The first kappa shape index (κ1) is 15.4. The van der Waals surface area contributed by atoms with Crippen LogP contribution in [0.15, 0.2) is 23.6 Å². The summed E-state index contributed by atoms with van der Waals surface area (Å²) in [6.45, 7) is 0.634. The van der Waals surface area contributed by atoms with Crippen LogP contribution in [0.3, 0.4) is 0 Å². The van der Waals surface area contributed by atoms with E-state index in [1.807, 2.05) is 17.5 Å². The van der Waals surface area contributed by atoms with Gasteiger partial charge in [0.25, 0.3) is 0 Å². The van der Waals surface area contributed by atoms with E-state index in [9.17, 15) is 9.59 Å². The maximum atomic E-state index is 11.5. The molecule has 0 spiro atoms. The second-order valence-corrected chi connectivity index (χ2v) is 5.01. The number of amides is 1. The highest BCUT2D eigenvalue weighted by Crippen LogP contribution is 2.09. The van der Waals surface area contributed by atoms with Crippen LogP contribution in [0.4, 0.5) is 0 Å². The van der Waals surface area contributed by atoms with Crippen molar-refractivity contribution in [2.24, 2.45) is 0 Å². The standard InChI is InChI=1S/C14H19NO3S/c1-18-14(17)7-3-2-4-10-15-13(16)9-8-12-6-5-11-19-12/h5-6,8-9,11H,2-4,7,10H2,1H3,(H,15,16)/b9-8+. The normalized spacial score (nSPS) is 10.6. The summed E-state index contributed by atoms with van der Waals surface area (Å²) in [5, 5.41) is 4.78. The van der Waals surface area contributed by atoms with Gasteiger partial charge in [-0.3, -0.25) is 9.59 Å². The Bertz CT molecular complexity index is 412. The summed E-state index contributed by atoms with van der Waals surface area (Å²) in [4.78, 5) is 23.4. The number of nitrogens with one attached hydrogen (secondary N) is 1. The van der Waals surface area contributed by atoms with E-state index in [4.69, 9.17) is 0 Å². The fourth-order valence-electron chi connectivity index (χ4n) is 1.49. The van der Waals surface area contributed by atoms with E-state index in [-0.39, 0.29) is 11.9 Å². The van der Waals surface area contributed by atoms with Crippen LogP contribution in [-0.4, -0.2) is 25.5 Å². The number of carbonyl (C=O) groups is 2. The molecule has 0 atom stereocenters. The van der Waals surface area contributed by atoms with Crippen LogP contribution >= 0.6 is 11.3 Å². The Hall–Kier alpha value is -1.62. The Morgan fingerprint density at radius 3 is 2.89 bits per heavy atom. The highest BCUT2D eigenvalue weighted by molar-refractivity contribution is 7.10. The molecule has 0 saturated heterocycles. The maximum absolute atomic E-state index is 11.5. The Morgan fingerprint density at radius 1 is 1.37 bits per heavy atom. The van der Waals surface area contributed by atoms with Crippen LogP contribution in [0.2, 0.25) is 0 Å². The molecule has 0 unspecified atom stereocenters. The minimum Gasteiger partial charge on any atom is -0.469 e. The van der Waals surface area contributed by atoms with Crippen molar-refractivity contribution in [3.63, 3.8) is 0 Å². The molecule has 0 aliphatic rings. The van der Waals surface area contributed by atoms with Crippen molar-refractivity contribution in [2.45, 2.75) is 25.7 Å². The quantitative estimate of drug-likeness (QED) is 0.453. The summed E-state index contributed by atoms with van der Waals surface area (Å²) < 4.78 is 4.55. The van der Waals surface area contributed by atoms with Crippen molar-refractivity contribution in [1.29, 1.82) is 0 Å². The Morgan fingerprint density at radius 2 is 2.21 bits per heavy atom. The lowest BCUT2D eigenvalue weighted by atomic mass is 10.2. The van der Waals surface area contributed by atoms with Gasteiger partial charge in [0.2, 0.25) is 5.91 Å². The number of unbranched alkanes of at least 4 members (excludes halogenated alkanes) is 2. The zero-order valence-electron chi connectivity index (χ0n) is 11.1. The van der Waals surface area contributed by atoms with E-state index in [0.29, 0.717) is 13.0 Å². The van der Waals surface area contributed by atoms with Gasteiger partial charge in [-0.1, -0.05) is 12.5 Å². The molecule has 0 bridgehead atoms. The van der Waals surface area contributed by atoms with Gasteiger partial charge in [0.05, 0.1) is 7.11 Å². The van der Waals surface area contributed by atoms with E-state index in [1.54, 1.807) is 23.5 Å². The monoisotopic (exact) mass is 281 g/mol. The van der Waals surface area contributed by atoms with Crippen molar-refractivity contribution < 1.29 is 14.3 Å². The zero-order chi connectivity index (χ0) is 13.9. The van der Waals surface area contributed by atoms with Gasteiger partial charge in [-0.2, -0.15) is 0 Å². The third-order valence-corrected chi connectivity index (χ3v) is 3.36. The van der Waals surface area contributed by atoms with Crippen LogP contribution in [0, 0.1) is 0 Å². The fourth-order valence-corrected chi connectivity index (χ4v) is 2.11. The SMILES string of the molecule is COC(=O)CCCCCNC(=O)/C=C/c1cccs1. The highest BCUT2D eigenvalue weighted by Gasteiger charge is 1.99. The molecule has 1 aromatic rings. The third-order valence-electron chi connectivity index (χ3n) is 2.53. The molecule has 1 rings (SSSR count). The smallest absolute Gasteiger partial charge is 0.305 e. The van der Waals surface area contributed by atoms with Crippen molar-refractivity contribution in [2.75, 3.05) is 13.7 Å². The van der Waals surface area contributed by atoms with E-state index < -0.39 is 0 Å². The number of hydrogen-bond acceptors (Lipinski definition) is 4. The number of esters is 1. The van der Waals surface area contributed by atoms with Gasteiger partial charge < -0.3 is 10.1 Å². The van der Waals surface area contributed by atoms with Crippen molar-refractivity contribution in [3.05, 3.63) is 28.5 Å². The average Bonchev–Trinajstić information content (AvgIpc) is 2.93. The Labute approximate surface area is 117 Å². The summed E-state index contributed by atoms with van der Waals surface area (Å²) >= 11 is 1.59. The Balaban J connectivity index is 2.03. The highest BCUT2D eigenvalue weighted by atomic mass is 32.1. The minimum absolute atomic E-state index is 0.0821. The van der Waals surface area contributed by atoms with Gasteiger partial charge >= 0.3 is 5.97 Å². The maximum Gasteiger partial charge on any atom is 0.305 e. The lowest BCUT2D eigenvalue weighted by molar-refractivity contribution is -0.140. The number of rotatable bonds is 8. The van der Waals surface area contributed by atoms with Crippen LogP contribution in [0.5, 0.6) is 0 Å². The lowest BCUT2D eigenvalue weighted by Crippen LogP contribution is -2.21. The van der Waals surface area contributed by atoms with Crippen molar-refractivity contribution >= 4 is 29.3 Å². The number of thiophene rings is 1. The molecule has 1 heterocycles. The number of methoxy groups -OCH3 is 1. The first-order chi connectivity index (χ1) is 9.22. The molecule has 19 heavy (non-hydrogen) atoms. The second kappa shape index (κ2) is 9.33. The fraction of sp³-hybridized carbons (Fsp3) is 0.429. The third kappa shape index (κ3) is 7.41. The molecule has 0 saturated carbocycles. The number of carbonyl (C=O) groups excluding carboxylic acids is 2. The predicted molar refractivity (Wildman–Crippen MR) is 76.8 cm³/mol. The molecule has 4 nitrogen and oxygen atoms in total. The molecule has 5 heteroatoms. The summed E-state index contributed by atoms with van der Waals surface area (Å²) in [5.74, 6) is -0.260. The molecule has 0 fully saturated rings. The second-order valence-electron chi connectivity index (χ2n) is 4.03. The van der Waals surface area contributed by atoms with E-state index in [2.05, 4.69) is 10.1 Å². The van der Waals surface area contributed by atoms with E-state index >= 15 is 0 Å². The molecular formula is C14H19NO3S. The predicted octanol–water partition coefficient (Wildman–Crippen LogP) is 2.61. The molecule has 0 aromatic carbocycles. The van der Waals surface area contributed by atoms with Gasteiger partial charge in [-0.25, -0.2) is 0 Å². The van der Waals surface area contributed by atoms with Crippen LogP contribution in [-0.2, 0) is 14.3 Å². The molecule has 0 aliphatic heterocycles. The lowest BCUT2D eigenvalue weighted by Gasteiger charge is -2.02. The molecule has 1 aromatic heterocycles.